The molecule has 1 fully saturated rings. The maximum absolute atomic E-state index is 12.7. The van der Waals surface area contributed by atoms with Crippen LogP contribution < -0.4 is 0 Å². The Labute approximate surface area is 162 Å². The molecule has 4 rings (SSSR count). The first kappa shape index (κ1) is 18.2. The van der Waals surface area contributed by atoms with Crippen molar-refractivity contribution in [2.24, 2.45) is 0 Å². The molecule has 2 aliphatic rings. The van der Waals surface area contributed by atoms with Gasteiger partial charge in [0, 0.05) is 45.8 Å². The van der Waals surface area contributed by atoms with Gasteiger partial charge in [-0.25, -0.2) is 0 Å². The summed E-state index contributed by atoms with van der Waals surface area (Å²) in [5, 5.41) is 0. The number of carbonyl (C=O) groups is 1. The number of hydrogen-bond acceptors (Lipinski definition) is 3. The van der Waals surface area contributed by atoms with Crippen molar-refractivity contribution in [1.29, 1.82) is 0 Å². The van der Waals surface area contributed by atoms with Crippen LogP contribution in [-0.2, 0) is 24.2 Å². The lowest BCUT2D eigenvalue weighted by atomic mass is 10.00. The van der Waals surface area contributed by atoms with Crippen LogP contribution in [0, 0.1) is 0 Å². The van der Waals surface area contributed by atoms with Crippen molar-refractivity contribution in [3.8, 4) is 0 Å². The SMILES string of the molecule is O=C(CN1CCN(CCc2ccccc2)CC1)N1CCc2ccccc2C1. The van der Waals surface area contributed by atoms with Gasteiger partial charge in [0.1, 0.15) is 0 Å². The largest absolute Gasteiger partial charge is 0.337 e. The van der Waals surface area contributed by atoms with Gasteiger partial charge in [-0.3, -0.25) is 9.69 Å². The Bertz CT molecular complexity index is 753. The van der Waals surface area contributed by atoms with Crippen molar-refractivity contribution in [1.82, 2.24) is 14.7 Å². The van der Waals surface area contributed by atoms with Crippen LogP contribution in [0.3, 0.4) is 0 Å². The number of rotatable bonds is 5. The van der Waals surface area contributed by atoms with Crippen molar-refractivity contribution in [3.05, 3.63) is 71.3 Å². The van der Waals surface area contributed by atoms with Gasteiger partial charge < -0.3 is 9.80 Å². The molecule has 0 aromatic heterocycles. The number of nitrogens with zero attached hydrogens (tertiary/aromatic N) is 3. The van der Waals surface area contributed by atoms with E-state index in [-0.39, 0.29) is 5.91 Å². The van der Waals surface area contributed by atoms with Gasteiger partial charge >= 0.3 is 0 Å². The van der Waals surface area contributed by atoms with Gasteiger partial charge in [0.2, 0.25) is 5.91 Å². The van der Waals surface area contributed by atoms with Crippen LogP contribution in [0.5, 0.6) is 0 Å². The van der Waals surface area contributed by atoms with E-state index in [0.717, 1.165) is 58.7 Å². The highest BCUT2D eigenvalue weighted by Crippen LogP contribution is 2.18. The first-order valence-corrected chi connectivity index (χ1v) is 10.1. The first-order valence-electron chi connectivity index (χ1n) is 10.1. The van der Waals surface area contributed by atoms with Gasteiger partial charge in [-0.15, -0.1) is 0 Å². The lowest BCUT2D eigenvalue weighted by Crippen LogP contribution is -2.50. The van der Waals surface area contributed by atoms with Gasteiger partial charge in [0.25, 0.3) is 0 Å². The highest BCUT2D eigenvalue weighted by atomic mass is 16.2. The molecule has 4 heteroatoms. The maximum Gasteiger partial charge on any atom is 0.237 e. The monoisotopic (exact) mass is 363 g/mol. The number of hydrogen-bond donors (Lipinski definition) is 0. The maximum atomic E-state index is 12.7. The van der Waals surface area contributed by atoms with Crippen molar-refractivity contribution < 1.29 is 4.79 Å². The van der Waals surface area contributed by atoms with Crippen molar-refractivity contribution in [3.63, 3.8) is 0 Å². The molecule has 0 aliphatic carbocycles. The molecular weight excluding hydrogens is 334 g/mol. The Morgan fingerprint density at radius 2 is 1.44 bits per heavy atom. The fourth-order valence-corrected chi connectivity index (χ4v) is 4.10. The highest BCUT2D eigenvalue weighted by Gasteiger charge is 2.24. The summed E-state index contributed by atoms with van der Waals surface area (Å²) < 4.78 is 0. The van der Waals surface area contributed by atoms with E-state index in [0.29, 0.717) is 6.54 Å². The molecule has 1 saturated heterocycles. The minimum absolute atomic E-state index is 0.280. The summed E-state index contributed by atoms with van der Waals surface area (Å²) >= 11 is 0. The molecule has 0 atom stereocenters. The lowest BCUT2D eigenvalue weighted by molar-refractivity contribution is -0.133. The molecule has 0 unspecified atom stereocenters. The molecule has 2 aliphatic heterocycles. The summed E-state index contributed by atoms with van der Waals surface area (Å²) in [5.41, 5.74) is 4.11. The minimum Gasteiger partial charge on any atom is -0.337 e. The van der Waals surface area contributed by atoms with Crippen molar-refractivity contribution in [2.75, 3.05) is 45.8 Å². The number of amides is 1. The average molecular weight is 364 g/mol. The predicted octanol–water partition coefficient (Wildman–Crippen LogP) is 2.43. The molecule has 2 heterocycles. The van der Waals surface area contributed by atoms with Crippen LogP contribution in [-0.4, -0.2) is 66.4 Å². The van der Waals surface area contributed by atoms with E-state index in [9.17, 15) is 4.79 Å². The Morgan fingerprint density at radius 1 is 0.778 bits per heavy atom. The molecule has 0 bridgehead atoms. The third kappa shape index (κ3) is 4.76. The standard InChI is InChI=1S/C23H29N3O/c27-23(26-13-11-21-8-4-5-9-22(21)18-26)19-25-16-14-24(15-17-25)12-10-20-6-2-1-3-7-20/h1-9H,10-19H2. The zero-order valence-electron chi connectivity index (χ0n) is 16.0. The summed E-state index contributed by atoms with van der Waals surface area (Å²) in [5.74, 6) is 0.280. The minimum atomic E-state index is 0.280. The van der Waals surface area contributed by atoms with E-state index < -0.39 is 0 Å². The fourth-order valence-electron chi connectivity index (χ4n) is 4.10. The lowest BCUT2D eigenvalue weighted by Gasteiger charge is -2.36. The molecule has 1 amide bonds. The van der Waals surface area contributed by atoms with Crippen molar-refractivity contribution >= 4 is 5.91 Å². The van der Waals surface area contributed by atoms with E-state index >= 15 is 0 Å². The highest BCUT2D eigenvalue weighted by molar-refractivity contribution is 5.78. The summed E-state index contributed by atoms with van der Waals surface area (Å²) in [6, 6.07) is 19.2. The molecule has 27 heavy (non-hydrogen) atoms. The Kier molecular flexibility index (Phi) is 5.85. The Balaban J connectivity index is 1.21. The topological polar surface area (TPSA) is 26.8 Å². The zero-order valence-corrected chi connectivity index (χ0v) is 16.0. The zero-order chi connectivity index (χ0) is 18.5. The Morgan fingerprint density at radius 3 is 2.22 bits per heavy atom. The number of fused-ring (bicyclic) bond motifs is 1. The number of benzene rings is 2. The normalized spacial score (nSPS) is 18.3. The van der Waals surface area contributed by atoms with Crippen LogP contribution in [0.4, 0.5) is 0 Å². The van der Waals surface area contributed by atoms with Crippen LogP contribution in [0.25, 0.3) is 0 Å². The smallest absolute Gasteiger partial charge is 0.237 e. The van der Waals surface area contributed by atoms with Crippen LogP contribution in [0.2, 0.25) is 0 Å². The fraction of sp³-hybridized carbons (Fsp3) is 0.435. The molecule has 0 saturated carbocycles. The molecule has 2 aromatic carbocycles. The van der Waals surface area contributed by atoms with E-state index in [1.165, 1.54) is 16.7 Å². The van der Waals surface area contributed by atoms with E-state index in [2.05, 4.69) is 64.4 Å². The molecule has 0 radical (unpaired) electrons. The summed E-state index contributed by atoms with van der Waals surface area (Å²) in [6.45, 7) is 7.39. The van der Waals surface area contributed by atoms with Gasteiger partial charge in [-0.1, -0.05) is 54.6 Å². The predicted molar refractivity (Wildman–Crippen MR) is 109 cm³/mol. The summed E-state index contributed by atoms with van der Waals surface area (Å²) in [7, 11) is 0. The second-order valence-electron chi connectivity index (χ2n) is 7.69. The average Bonchev–Trinajstić information content (AvgIpc) is 2.73. The molecule has 0 N–H and O–H groups in total. The van der Waals surface area contributed by atoms with Crippen LogP contribution in [0.15, 0.2) is 54.6 Å². The number of carbonyl (C=O) groups excluding carboxylic acids is 1. The van der Waals surface area contributed by atoms with Gasteiger partial charge in [-0.05, 0) is 29.5 Å². The van der Waals surface area contributed by atoms with Gasteiger partial charge in [-0.2, -0.15) is 0 Å². The van der Waals surface area contributed by atoms with Crippen LogP contribution in [0.1, 0.15) is 16.7 Å². The second kappa shape index (κ2) is 8.68. The quantitative estimate of drug-likeness (QED) is 0.816. The molecular formula is C23H29N3O. The molecule has 2 aromatic rings. The third-order valence-electron chi connectivity index (χ3n) is 5.87. The van der Waals surface area contributed by atoms with E-state index in [1.807, 2.05) is 4.90 Å². The van der Waals surface area contributed by atoms with Crippen LogP contribution >= 0.6 is 0 Å². The summed E-state index contributed by atoms with van der Waals surface area (Å²) in [6.07, 6.45) is 2.09. The van der Waals surface area contributed by atoms with Gasteiger partial charge in [0.05, 0.1) is 6.54 Å². The van der Waals surface area contributed by atoms with E-state index in [1.54, 1.807) is 0 Å². The van der Waals surface area contributed by atoms with E-state index in [4.69, 9.17) is 0 Å². The van der Waals surface area contributed by atoms with Crippen molar-refractivity contribution in [2.45, 2.75) is 19.4 Å². The second-order valence-corrected chi connectivity index (χ2v) is 7.69. The van der Waals surface area contributed by atoms with Gasteiger partial charge in [0.15, 0.2) is 0 Å². The first-order chi connectivity index (χ1) is 13.3. The molecule has 4 nitrogen and oxygen atoms in total. The number of piperazine rings is 1. The summed E-state index contributed by atoms with van der Waals surface area (Å²) in [4.78, 5) is 19.6. The Hall–Kier alpha value is -2.17. The molecule has 0 spiro atoms. The molecule has 142 valence electrons. The third-order valence-corrected chi connectivity index (χ3v) is 5.87.